The van der Waals surface area contributed by atoms with Crippen molar-refractivity contribution in [2.24, 2.45) is 0 Å². The van der Waals surface area contributed by atoms with Gasteiger partial charge in [-0.15, -0.1) is 0 Å². The maximum absolute atomic E-state index is 3.38. The maximum atomic E-state index is 3.38. The first-order valence-corrected chi connectivity index (χ1v) is 5.01. The van der Waals surface area contributed by atoms with Crippen molar-refractivity contribution in [1.82, 2.24) is 4.98 Å². The maximum Gasteiger partial charge on any atom is 0.0181 e. The molecule has 66 valence electrons. The van der Waals surface area contributed by atoms with Gasteiger partial charge in [-0.25, -0.2) is 0 Å². The van der Waals surface area contributed by atoms with Crippen molar-refractivity contribution >= 4 is 0 Å². The van der Waals surface area contributed by atoms with Crippen LogP contribution in [-0.2, 0) is 0 Å². The largest absolute Gasteiger partial charge is 0.364 e. The Morgan fingerprint density at radius 3 is 2.58 bits per heavy atom. The topological polar surface area (TPSA) is 15.8 Å². The van der Waals surface area contributed by atoms with Crippen LogP contribution in [0.25, 0.3) is 0 Å². The van der Waals surface area contributed by atoms with Crippen LogP contribution < -0.4 is 0 Å². The van der Waals surface area contributed by atoms with E-state index < -0.39 is 0 Å². The zero-order valence-electron chi connectivity index (χ0n) is 7.77. The van der Waals surface area contributed by atoms with E-state index in [1.807, 2.05) is 0 Å². The van der Waals surface area contributed by atoms with Crippen LogP contribution in [0, 0.1) is 6.92 Å². The summed E-state index contributed by atoms with van der Waals surface area (Å²) in [7, 11) is 0. The van der Waals surface area contributed by atoms with Crippen molar-refractivity contribution in [1.29, 1.82) is 0 Å². The van der Waals surface area contributed by atoms with Gasteiger partial charge >= 0.3 is 0 Å². The minimum absolute atomic E-state index is 0.826. The number of aromatic amines is 1. The lowest BCUT2D eigenvalue weighted by molar-refractivity contribution is 0.438. The van der Waals surface area contributed by atoms with Gasteiger partial charge in [0.25, 0.3) is 0 Å². The fourth-order valence-corrected chi connectivity index (χ4v) is 2.18. The lowest BCUT2D eigenvalue weighted by Crippen LogP contribution is -2.04. The molecular formula is C11H17N. The quantitative estimate of drug-likeness (QED) is 0.653. The molecule has 0 saturated heterocycles. The first kappa shape index (κ1) is 7.90. The van der Waals surface area contributed by atoms with Gasteiger partial charge in [-0.05, 0) is 37.3 Å². The van der Waals surface area contributed by atoms with Gasteiger partial charge in [0.15, 0.2) is 0 Å². The number of rotatable bonds is 1. The highest BCUT2D eigenvalue weighted by molar-refractivity contribution is 5.18. The highest BCUT2D eigenvalue weighted by atomic mass is 14.7. The average Bonchev–Trinajstić information content (AvgIpc) is 2.54. The van der Waals surface area contributed by atoms with Crippen LogP contribution in [0.5, 0.6) is 0 Å². The van der Waals surface area contributed by atoms with E-state index in [4.69, 9.17) is 0 Å². The van der Waals surface area contributed by atoms with Crippen molar-refractivity contribution in [3.8, 4) is 0 Å². The van der Waals surface area contributed by atoms with Crippen molar-refractivity contribution in [3.05, 3.63) is 23.5 Å². The highest BCUT2D eigenvalue weighted by Crippen LogP contribution is 2.31. The van der Waals surface area contributed by atoms with Crippen LogP contribution in [0.2, 0.25) is 0 Å². The zero-order chi connectivity index (χ0) is 8.39. The number of nitrogens with one attached hydrogen (secondary N) is 1. The highest BCUT2D eigenvalue weighted by Gasteiger charge is 2.15. The van der Waals surface area contributed by atoms with E-state index in [0.717, 1.165) is 5.92 Å². The molecule has 1 aliphatic rings. The smallest absolute Gasteiger partial charge is 0.0181 e. The summed E-state index contributed by atoms with van der Waals surface area (Å²) in [6.45, 7) is 2.16. The molecule has 0 atom stereocenters. The monoisotopic (exact) mass is 163 g/mol. The Morgan fingerprint density at radius 1 is 1.25 bits per heavy atom. The first-order valence-electron chi connectivity index (χ1n) is 5.01. The molecular weight excluding hydrogens is 146 g/mol. The third-order valence-corrected chi connectivity index (χ3v) is 2.89. The standard InChI is InChI=1S/C11H17N/c1-9-7-11(12-8-9)10-5-3-2-4-6-10/h7-8,10,12H,2-6H2,1H3. The number of H-pyrrole nitrogens is 1. The van der Waals surface area contributed by atoms with E-state index in [-0.39, 0.29) is 0 Å². The molecule has 1 nitrogen and oxygen atoms in total. The van der Waals surface area contributed by atoms with Gasteiger partial charge in [0.05, 0.1) is 0 Å². The van der Waals surface area contributed by atoms with Crippen LogP contribution in [0.1, 0.15) is 49.3 Å². The molecule has 1 fully saturated rings. The molecule has 0 bridgehead atoms. The Bertz CT molecular complexity index is 243. The second-order valence-electron chi connectivity index (χ2n) is 3.97. The third-order valence-electron chi connectivity index (χ3n) is 2.89. The third kappa shape index (κ3) is 1.55. The van der Waals surface area contributed by atoms with Crippen molar-refractivity contribution in [2.75, 3.05) is 0 Å². The molecule has 1 N–H and O–H groups in total. The molecule has 0 unspecified atom stereocenters. The normalized spacial score (nSPS) is 19.8. The number of aryl methyl sites for hydroxylation is 1. The van der Waals surface area contributed by atoms with Gasteiger partial charge in [0.2, 0.25) is 0 Å². The van der Waals surface area contributed by atoms with Crippen LogP contribution in [0.15, 0.2) is 12.3 Å². The van der Waals surface area contributed by atoms with Crippen molar-refractivity contribution in [2.45, 2.75) is 44.9 Å². The van der Waals surface area contributed by atoms with Crippen LogP contribution in [-0.4, -0.2) is 4.98 Å². The molecule has 1 aliphatic carbocycles. The minimum Gasteiger partial charge on any atom is -0.364 e. The Labute approximate surface area is 74.2 Å². The predicted octanol–water partition coefficient (Wildman–Crippen LogP) is 3.37. The number of hydrogen-bond donors (Lipinski definition) is 1. The Balaban J connectivity index is 2.08. The Kier molecular flexibility index (Phi) is 2.20. The summed E-state index contributed by atoms with van der Waals surface area (Å²) in [5, 5.41) is 0. The predicted molar refractivity (Wildman–Crippen MR) is 51.4 cm³/mol. The van der Waals surface area contributed by atoms with Gasteiger partial charge in [-0.2, -0.15) is 0 Å². The summed E-state index contributed by atoms with van der Waals surface area (Å²) in [6, 6.07) is 2.30. The SMILES string of the molecule is Cc1c[nH]c(C2CCCCC2)c1. The molecule has 1 aromatic rings. The molecule has 0 aromatic carbocycles. The van der Waals surface area contributed by atoms with E-state index >= 15 is 0 Å². The number of aromatic nitrogens is 1. The summed E-state index contributed by atoms with van der Waals surface area (Å²) in [5.41, 5.74) is 2.84. The first-order chi connectivity index (χ1) is 5.86. The second-order valence-corrected chi connectivity index (χ2v) is 3.97. The van der Waals surface area contributed by atoms with Crippen LogP contribution in [0.3, 0.4) is 0 Å². The Hall–Kier alpha value is -0.720. The van der Waals surface area contributed by atoms with Gasteiger partial charge < -0.3 is 4.98 Å². The lowest BCUT2D eigenvalue weighted by Gasteiger charge is -2.20. The fourth-order valence-electron chi connectivity index (χ4n) is 2.18. The van der Waals surface area contributed by atoms with Crippen LogP contribution in [0.4, 0.5) is 0 Å². The molecule has 1 saturated carbocycles. The lowest BCUT2D eigenvalue weighted by atomic mass is 9.87. The molecule has 0 radical (unpaired) electrons. The molecule has 1 heterocycles. The zero-order valence-corrected chi connectivity index (χ0v) is 7.77. The van der Waals surface area contributed by atoms with E-state index in [1.54, 1.807) is 0 Å². The summed E-state index contributed by atoms with van der Waals surface area (Å²) in [5.74, 6) is 0.826. The van der Waals surface area contributed by atoms with E-state index in [1.165, 1.54) is 43.4 Å². The van der Waals surface area contributed by atoms with Crippen molar-refractivity contribution in [3.63, 3.8) is 0 Å². The molecule has 0 aliphatic heterocycles. The molecule has 0 spiro atoms. The van der Waals surface area contributed by atoms with Crippen LogP contribution >= 0.6 is 0 Å². The molecule has 1 aromatic heterocycles. The van der Waals surface area contributed by atoms with Gasteiger partial charge in [-0.3, -0.25) is 0 Å². The molecule has 1 heteroatoms. The summed E-state index contributed by atoms with van der Waals surface area (Å²) in [6.07, 6.45) is 9.17. The van der Waals surface area contributed by atoms with Gasteiger partial charge in [0.1, 0.15) is 0 Å². The van der Waals surface area contributed by atoms with Gasteiger partial charge in [0, 0.05) is 11.9 Å². The summed E-state index contributed by atoms with van der Waals surface area (Å²) in [4.78, 5) is 3.38. The molecule has 0 amide bonds. The van der Waals surface area contributed by atoms with Crippen molar-refractivity contribution < 1.29 is 0 Å². The summed E-state index contributed by atoms with van der Waals surface area (Å²) < 4.78 is 0. The van der Waals surface area contributed by atoms with E-state index in [2.05, 4.69) is 24.2 Å². The van der Waals surface area contributed by atoms with E-state index in [9.17, 15) is 0 Å². The molecule has 2 rings (SSSR count). The fraction of sp³-hybridized carbons (Fsp3) is 0.636. The van der Waals surface area contributed by atoms with E-state index in [0.29, 0.717) is 0 Å². The van der Waals surface area contributed by atoms with Gasteiger partial charge in [-0.1, -0.05) is 19.3 Å². The number of hydrogen-bond acceptors (Lipinski definition) is 0. The summed E-state index contributed by atoms with van der Waals surface area (Å²) >= 11 is 0. The average molecular weight is 163 g/mol. The Morgan fingerprint density at radius 2 is 2.00 bits per heavy atom. The molecule has 12 heavy (non-hydrogen) atoms. The second kappa shape index (κ2) is 3.34. The minimum atomic E-state index is 0.826.